The Morgan fingerprint density at radius 3 is 2.74 bits per heavy atom. The van der Waals surface area contributed by atoms with E-state index in [0.29, 0.717) is 10.7 Å². The van der Waals surface area contributed by atoms with Crippen molar-refractivity contribution >= 4 is 23.2 Å². The van der Waals surface area contributed by atoms with E-state index in [9.17, 15) is 0 Å². The molecule has 112 valence electrons. The molecule has 0 aliphatic heterocycles. The van der Waals surface area contributed by atoms with Gasteiger partial charge in [0, 0.05) is 29.7 Å². The van der Waals surface area contributed by atoms with Crippen LogP contribution in [0.15, 0.2) is 55.2 Å². The minimum atomic E-state index is 0.169. The van der Waals surface area contributed by atoms with Gasteiger partial charge in [0.2, 0.25) is 5.95 Å². The van der Waals surface area contributed by atoms with Gasteiger partial charge < -0.3 is 5.73 Å². The first-order valence-corrected chi connectivity index (χ1v) is 7.26. The largest absolute Gasteiger partial charge is 0.368 e. The third kappa shape index (κ3) is 2.39. The summed E-state index contributed by atoms with van der Waals surface area (Å²) in [6.07, 6.45) is 8.74. The van der Waals surface area contributed by atoms with Gasteiger partial charge in [0.1, 0.15) is 11.3 Å². The Hall–Kier alpha value is -2.99. The summed E-state index contributed by atoms with van der Waals surface area (Å²) < 4.78 is 1.93. The highest BCUT2D eigenvalue weighted by atomic mass is 35.5. The number of anilines is 1. The summed E-state index contributed by atoms with van der Waals surface area (Å²) in [4.78, 5) is 16.7. The topological polar surface area (TPSA) is 82.0 Å². The van der Waals surface area contributed by atoms with E-state index in [2.05, 4.69) is 19.9 Å². The Kier molecular flexibility index (Phi) is 3.17. The molecule has 0 amide bonds. The molecule has 4 aromatic heterocycles. The van der Waals surface area contributed by atoms with E-state index in [1.165, 1.54) is 6.20 Å². The van der Waals surface area contributed by atoms with Crippen molar-refractivity contribution in [1.82, 2.24) is 24.3 Å². The number of rotatable bonds is 2. The molecule has 0 saturated heterocycles. The third-order valence-corrected chi connectivity index (χ3v) is 3.78. The van der Waals surface area contributed by atoms with E-state index in [0.717, 1.165) is 22.5 Å². The normalized spacial score (nSPS) is 11.0. The van der Waals surface area contributed by atoms with Gasteiger partial charge in [-0.15, -0.1) is 0 Å². The number of nitrogens with two attached hydrogens (primary N) is 1. The van der Waals surface area contributed by atoms with E-state index >= 15 is 0 Å². The van der Waals surface area contributed by atoms with Gasteiger partial charge in [0.15, 0.2) is 0 Å². The molecule has 2 N–H and O–H groups in total. The fourth-order valence-electron chi connectivity index (χ4n) is 2.42. The van der Waals surface area contributed by atoms with Crippen molar-refractivity contribution in [3.05, 3.63) is 60.3 Å². The number of pyridine rings is 2. The molecule has 0 radical (unpaired) electrons. The monoisotopic (exact) mass is 322 g/mol. The van der Waals surface area contributed by atoms with E-state index in [1.807, 2.05) is 41.1 Å². The van der Waals surface area contributed by atoms with Gasteiger partial charge in [-0.1, -0.05) is 17.7 Å². The number of halogens is 1. The number of imidazole rings is 1. The van der Waals surface area contributed by atoms with Crippen LogP contribution in [0.3, 0.4) is 0 Å². The van der Waals surface area contributed by atoms with E-state index in [-0.39, 0.29) is 5.95 Å². The molecular formula is C16H11ClN6. The molecule has 23 heavy (non-hydrogen) atoms. The van der Waals surface area contributed by atoms with Crippen LogP contribution < -0.4 is 5.73 Å². The van der Waals surface area contributed by atoms with Crippen molar-refractivity contribution in [3.8, 4) is 22.5 Å². The molecule has 0 aliphatic rings. The Bertz CT molecular complexity index is 996. The Balaban J connectivity index is 1.93. The Morgan fingerprint density at radius 2 is 1.91 bits per heavy atom. The van der Waals surface area contributed by atoms with E-state index < -0.39 is 0 Å². The van der Waals surface area contributed by atoms with Crippen molar-refractivity contribution in [1.29, 1.82) is 0 Å². The summed E-state index contributed by atoms with van der Waals surface area (Å²) in [5, 5.41) is 0.424. The quantitative estimate of drug-likeness (QED) is 0.613. The van der Waals surface area contributed by atoms with Gasteiger partial charge in [0.05, 0.1) is 23.1 Å². The highest BCUT2D eigenvalue weighted by Crippen LogP contribution is 2.28. The molecule has 0 aliphatic carbocycles. The Morgan fingerprint density at radius 1 is 1.00 bits per heavy atom. The number of aromatic nitrogens is 5. The maximum atomic E-state index is 6.21. The van der Waals surface area contributed by atoms with Crippen molar-refractivity contribution in [3.63, 3.8) is 0 Å². The molecule has 0 spiro atoms. The highest BCUT2D eigenvalue weighted by molar-refractivity contribution is 6.32. The number of nitrogens with zero attached hydrogens (tertiary/aromatic N) is 5. The van der Waals surface area contributed by atoms with Crippen molar-refractivity contribution in [2.45, 2.75) is 0 Å². The molecule has 0 aromatic carbocycles. The van der Waals surface area contributed by atoms with Crippen LogP contribution in [0.25, 0.3) is 28.2 Å². The molecule has 4 aromatic rings. The minimum absolute atomic E-state index is 0.169. The maximum Gasteiger partial charge on any atom is 0.220 e. The predicted octanol–water partition coefficient (Wildman–Crippen LogP) is 3.09. The van der Waals surface area contributed by atoms with Crippen LogP contribution in [0.2, 0.25) is 5.02 Å². The average Bonchev–Trinajstić information content (AvgIpc) is 3.01. The second-order valence-electron chi connectivity index (χ2n) is 4.96. The first-order chi connectivity index (χ1) is 11.2. The first-order valence-electron chi connectivity index (χ1n) is 6.88. The second-order valence-corrected chi connectivity index (χ2v) is 5.36. The van der Waals surface area contributed by atoms with Gasteiger partial charge in [-0.2, -0.15) is 0 Å². The number of hydrogen-bond donors (Lipinski definition) is 1. The van der Waals surface area contributed by atoms with Crippen LogP contribution in [0.4, 0.5) is 5.95 Å². The first kappa shape index (κ1) is 13.7. The van der Waals surface area contributed by atoms with Gasteiger partial charge in [0.25, 0.3) is 0 Å². The molecule has 6 nitrogen and oxygen atoms in total. The standard InChI is InChI=1S/C16H11ClN6/c17-12-7-21-16(18)22-15(12)13-8-20-14-4-3-11(9-23(13)14)10-2-1-5-19-6-10/h1-9H,(H2,18,21,22). The fraction of sp³-hybridized carbons (Fsp3) is 0. The van der Waals surface area contributed by atoms with Crippen LogP contribution in [-0.4, -0.2) is 24.3 Å². The summed E-state index contributed by atoms with van der Waals surface area (Å²) in [6.45, 7) is 0. The fourth-order valence-corrected chi connectivity index (χ4v) is 2.61. The lowest BCUT2D eigenvalue weighted by Crippen LogP contribution is -1.98. The zero-order valence-electron chi connectivity index (χ0n) is 11.9. The van der Waals surface area contributed by atoms with Crippen LogP contribution in [0, 0.1) is 0 Å². The Labute approximate surface area is 136 Å². The maximum absolute atomic E-state index is 6.21. The van der Waals surface area contributed by atoms with Crippen LogP contribution >= 0.6 is 11.6 Å². The molecule has 0 atom stereocenters. The van der Waals surface area contributed by atoms with Crippen molar-refractivity contribution in [2.75, 3.05) is 5.73 Å². The highest BCUT2D eigenvalue weighted by Gasteiger charge is 2.13. The van der Waals surface area contributed by atoms with Gasteiger partial charge >= 0.3 is 0 Å². The molecule has 0 fully saturated rings. The average molecular weight is 323 g/mol. The predicted molar refractivity (Wildman–Crippen MR) is 88.9 cm³/mol. The molecule has 0 unspecified atom stereocenters. The SMILES string of the molecule is Nc1ncc(Cl)c(-c2cnc3ccc(-c4cccnc4)cn23)n1. The molecular weight excluding hydrogens is 312 g/mol. The minimum Gasteiger partial charge on any atom is -0.368 e. The van der Waals surface area contributed by atoms with E-state index in [4.69, 9.17) is 17.3 Å². The molecule has 0 bridgehead atoms. The zero-order valence-corrected chi connectivity index (χ0v) is 12.6. The molecule has 4 heterocycles. The summed E-state index contributed by atoms with van der Waals surface area (Å²) >= 11 is 6.21. The lowest BCUT2D eigenvalue weighted by atomic mass is 10.1. The number of hydrogen-bond acceptors (Lipinski definition) is 5. The molecule has 4 rings (SSSR count). The third-order valence-electron chi connectivity index (χ3n) is 3.51. The van der Waals surface area contributed by atoms with Crippen LogP contribution in [-0.2, 0) is 0 Å². The summed E-state index contributed by atoms with van der Waals surface area (Å²) in [6, 6.07) is 7.83. The summed E-state index contributed by atoms with van der Waals surface area (Å²) in [5.74, 6) is 0.169. The summed E-state index contributed by atoms with van der Waals surface area (Å²) in [7, 11) is 0. The molecule has 0 saturated carbocycles. The van der Waals surface area contributed by atoms with Crippen LogP contribution in [0.5, 0.6) is 0 Å². The lowest BCUT2D eigenvalue weighted by Gasteiger charge is -2.06. The second kappa shape index (κ2) is 5.33. The van der Waals surface area contributed by atoms with E-state index in [1.54, 1.807) is 12.4 Å². The molecule has 7 heteroatoms. The zero-order chi connectivity index (χ0) is 15.8. The smallest absolute Gasteiger partial charge is 0.220 e. The number of fused-ring (bicyclic) bond motifs is 1. The summed E-state index contributed by atoms with van der Waals surface area (Å²) in [5.41, 5.74) is 9.81. The lowest BCUT2D eigenvalue weighted by molar-refractivity contribution is 1.14. The van der Waals surface area contributed by atoms with Crippen LogP contribution in [0.1, 0.15) is 0 Å². The number of nitrogen functional groups attached to an aromatic ring is 1. The van der Waals surface area contributed by atoms with Gasteiger partial charge in [-0.3, -0.25) is 9.38 Å². The van der Waals surface area contributed by atoms with Crippen molar-refractivity contribution in [2.24, 2.45) is 0 Å². The van der Waals surface area contributed by atoms with Gasteiger partial charge in [-0.05, 0) is 18.2 Å². The van der Waals surface area contributed by atoms with Gasteiger partial charge in [-0.25, -0.2) is 15.0 Å². The van der Waals surface area contributed by atoms with Crippen molar-refractivity contribution < 1.29 is 0 Å².